The lowest BCUT2D eigenvalue weighted by Gasteiger charge is -2.20. The molecule has 0 aromatic carbocycles. The third kappa shape index (κ3) is 4.60. The van der Waals surface area contributed by atoms with Crippen LogP contribution in [0.3, 0.4) is 0 Å². The van der Waals surface area contributed by atoms with Gasteiger partial charge in [0, 0.05) is 4.38 Å². The molecule has 0 aromatic heterocycles. The molecule has 9 heavy (non-hydrogen) atoms. The van der Waals surface area contributed by atoms with Crippen molar-refractivity contribution < 1.29 is 4.74 Å². The lowest BCUT2D eigenvalue weighted by Crippen LogP contribution is -2.17. The van der Waals surface area contributed by atoms with Crippen LogP contribution >= 0.6 is 12.2 Å². The topological polar surface area (TPSA) is 9.23 Å². The summed E-state index contributed by atoms with van der Waals surface area (Å²) in [6.45, 7) is 6.10. The molecule has 0 N–H and O–H groups in total. The van der Waals surface area contributed by atoms with Gasteiger partial charge < -0.3 is 29.6 Å². The Morgan fingerprint density at radius 2 is 1.89 bits per heavy atom. The molecule has 0 spiro atoms. The minimum absolute atomic E-state index is 0.148. The van der Waals surface area contributed by atoms with Crippen LogP contribution in [-0.4, -0.2) is 10.5 Å². The lowest BCUT2D eigenvalue weighted by molar-refractivity contribution is 0.168. The first-order valence-electron chi connectivity index (χ1n) is 2.91. The van der Waals surface area contributed by atoms with Gasteiger partial charge in [-0.3, -0.25) is 0 Å². The monoisotopic (exact) mass is 163 g/mol. The molecular formula is C6H11OS2-. The molecule has 1 atom stereocenters. The van der Waals surface area contributed by atoms with Crippen LogP contribution in [0.15, 0.2) is 0 Å². The van der Waals surface area contributed by atoms with Crippen molar-refractivity contribution in [2.24, 2.45) is 5.92 Å². The highest BCUT2D eigenvalue weighted by atomic mass is 32.1. The van der Waals surface area contributed by atoms with Gasteiger partial charge in [-0.15, -0.1) is 0 Å². The normalized spacial score (nSPS) is 13.3. The van der Waals surface area contributed by atoms with Gasteiger partial charge in [-0.05, 0) is 12.8 Å². The standard InChI is InChI=1S/C6H12OS2/c1-4(2)5(3)7-6(8)9/h4-5H,1-3H3,(H,8,9)/p-1. The van der Waals surface area contributed by atoms with E-state index in [1.165, 1.54) is 0 Å². The lowest BCUT2D eigenvalue weighted by atomic mass is 10.1. The number of hydrogen-bond acceptors (Lipinski definition) is 3. The molecule has 0 bridgehead atoms. The van der Waals surface area contributed by atoms with E-state index in [4.69, 9.17) is 4.74 Å². The zero-order valence-electron chi connectivity index (χ0n) is 5.88. The molecule has 0 aliphatic carbocycles. The molecule has 0 aliphatic heterocycles. The Morgan fingerprint density at radius 3 is 2.00 bits per heavy atom. The van der Waals surface area contributed by atoms with Crippen LogP contribution in [0.5, 0.6) is 0 Å². The predicted molar refractivity (Wildman–Crippen MR) is 45.3 cm³/mol. The van der Waals surface area contributed by atoms with Gasteiger partial charge in [-0.25, -0.2) is 0 Å². The van der Waals surface area contributed by atoms with E-state index in [1.54, 1.807) is 0 Å². The van der Waals surface area contributed by atoms with E-state index in [2.05, 4.69) is 38.7 Å². The molecular weight excluding hydrogens is 152 g/mol. The van der Waals surface area contributed by atoms with Gasteiger partial charge >= 0.3 is 0 Å². The molecule has 0 aliphatic rings. The van der Waals surface area contributed by atoms with Crippen LogP contribution in [0.4, 0.5) is 0 Å². The fraction of sp³-hybridized carbons (Fsp3) is 0.833. The number of rotatable bonds is 2. The summed E-state index contributed by atoms with van der Waals surface area (Å²) in [4.78, 5) is 0. The molecule has 3 heteroatoms. The Balaban J connectivity index is 3.50. The second-order valence-electron chi connectivity index (χ2n) is 2.32. The zero-order chi connectivity index (χ0) is 7.44. The van der Waals surface area contributed by atoms with Crippen molar-refractivity contribution in [3.63, 3.8) is 0 Å². The highest BCUT2D eigenvalue weighted by Crippen LogP contribution is 2.04. The first-order chi connectivity index (χ1) is 4.04. The van der Waals surface area contributed by atoms with Gasteiger partial charge in [0.05, 0.1) is 6.10 Å². The first kappa shape index (κ1) is 9.11. The molecule has 1 unspecified atom stereocenters. The number of hydrogen-bond donors (Lipinski definition) is 0. The zero-order valence-corrected chi connectivity index (χ0v) is 7.51. The molecule has 54 valence electrons. The van der Waals surface area contributed by atoms with E-state index < -0.39 is 0 Å². The second kappa shape index (κ2) is 4.01. The van der Waals surface area contributed by atoms with Crippen molar-refractivity contribution >= 4 is 29.2 Å². The number of ether oxygens (including phenoxy) is 1. The van der Waals surface area contributed by atoms with Crippen LogP contribution in [0.1, 0.15) is 20.8 Å². The number of thiocarbonyl (C=S) groups is 1. The molecule has 0 fully saturated rings. The Labute approximate surface area is 67.2 Å². The quantitative estimate of drug-likeness (QED) is 0.454. The Bertz CT molecular complexity index is 101. The van der Waals surface area contributed by atoms with Crippen molar-refractivity contribution in [1.82, 2.24) is 0 Å². The van der Waals surface area contributed by atoms with Gasteiger partial charge in [-0.1, -0.05) is 13.8 Å². The predicted octanol–water partition coefficient (Wildman–Crippen LogP) is 1.88. The SMILES string of the molecule is CC(C)C(C)OC(=S)[S-]. The van der Waals surface area contributed by atoms with Crippen molar-refractivity contribution in [2.45, 2.75) is 26.9 Å². The summed E-state index contributed by atoms with van der Waals surface area (Å²) in [5.74, 6) is 0.478. The molecule has 0 saturated heterocycles. The Morgan fingerprint density at radius 1 is 1.44 bits per heavy atom. The molecule has 0 saturated carbocycles. The third-order valence-electron chi connectivity index (χ3n) is 1.22. The van der Waals surface area contributed by atoms with Crippen LogP contribution in [0.25, 0.3) is 0 Å². The largest absolute Gasteiger partial charge is 0.510 e. The smallest absolute Gasteiger partial charge is 0.0958 e. The van der Waals surface area contributed by atoms with Gasteiger partial charge in [-0.2, -0.15) is 0 Å². The molecule has 0 radical (unpaired) electrons. The highest BCUT2D eigenvalue weighted by molar-refractivity contribution is 7.99. The van der Waals surface area contributed by atoms with Crippen molar-refractivity contribution in [1.29, 1.82) is 0 Å². The van der Waals surface area contributed by atoms with E-state index >= 15 is 0 Å². The summed E-state index contributed by atoms with van der Waals surface area (Å²) in [5, 5.41) is 0. The van der Waals surface area contributed by atoms with Crippen LogP contribution < -0.4 is 0 Å². The minimum Gasteiger partial charge on any atom is -0.510 e. The van der Waals surface area contributed by atoms with Gasteiger partial charge in [0.1, 0.15) is 0 Å². The third-order valence-corrected chi connectivity index (χ3v) is 1.41. The van der Waals surface area contributed by atoms with Crippen molar-refractivity contribution in [3.05, 3.63) is 0 Å². The van der Waals surface area contributed by atoms with Crippen molar-refractivity contribution in [3.8, 4) is 0 Å². The second-order valence-corrected chi connectivity index (χ2v) is 3.32. The van der Waals surface area contributed by atoms with E-state index in [9.17, 15) is 0 Å². The van der Waals surface area contributed by atoms with Gasteiger partial charge in [0.2, 0.25) is 0 Å². The fourth-order valence-electron chi connectivity index (χ4n) is 0.288. The average Bonchev–Trinajstić information content (AvgIpc) is 1.63. The van der Waals surface area contributed by atoms with Gasteiger partial charge in [0.25, 0.3) is 0 Å². The van der Waals surface area contributed by atoms with Crippen LogP contribution in [-0.2, 0) is 17.4 Å². The molecule has 0 amide bonds. The summed E-state index contributed by atoms with van der Waals surface area (Å²) in [6.07, 6.45) is 0.148. The van der Waals surface area contributed by atoms with Crippen LogP contribution in [0.2, 0.25) is 0 Å². The average molecular weight is 163 g/mol. The Hall–Kier alpha value is 0.110. The maximum Gasteiger partial charge on any atom is 0.0958 e. The summed E-state index contributed by atoms with van der Waals surface area (Å²) in [6, 6.07) is 0. The van der Waals surface area contributed by atoms with E-state index in [-0.39, 0.29) is 10.5 Å². The minimum atomic E-state index is 0.148. The maximum absolute atomic E-state index is 5.06. The summed E-state index contributed by atoms with van der Waals surface area (Å²) >= 11 is 9.17. The first-order valence-corrected chi connectivity index (χ1v) is 3.73. The summed E-state index contributed by atoms with van der Waals surface area (Å²) in [7, 11) is 0. The fourth-order valence-corrected chi connectivity index (χ4v) is 0.591. The highest BCUT2D eigenvalue weighted by Gasteiger charge is 2.04. The molecule has 0 aromatic rings. The molecule has 0 rings (SSSR count). The van der Waals surface area contributed by atoms with Crippen molar-refractivity contribution in [2.75, 3.05) is 0 Å². The molecule has 1 nitrogen and oxygen atoms in total. The summed E-state index contributed by atoms with van der Waals surface area (Å²) < 4.78 is 5.28. The van der Waals surface area contributed by atoms with E-state index in [1.807, 2.05) is 6.92 Å². The molecule has 0 heterocycles. The van der Waals surface area contributed by atoms with Gasteiger partial charge in [0.15, 0.2) is 0 Å². The Kier molecular flexibility index (Phi) is 4.06. The van der Waals surface area contributed by atoms with E-state index in [0.717, 1.165) is 0 Å². The van der Waals surface area contributed by atoms with Crippen LogP contribution in [0, 0.1) is 5.92 Å². The van der Waals surface area contributed by atoms with E-state index in [0.29, 0.717) is 5.92 Å². The maximum atomic E-state index is 5.06. The summed E-state index contributed by atoms with van der Waals surface area (Å²) in [5.41, 5.74) is 0.